The van der Waals surface area contributed by atoms with E-state index in [1.165, 1.54) is 0 Å². The molecule has 47 heavy (non-hydrogen) atoms. The van der Waals surface area contributed by atoms with Gasteiger partial charge in [0.25, 0.3) is 0 Å². The Bertz CT molecular complexity index is 2030. The number of aromatic carboxylic acids is 1. The van der Waals surface area contributed by atoms with Crippen LogP contribution in [0.4, 0.5) is 0 Å². The molecule has 1 unspecified atom stereocenters. The normalized spacial score (nSPS) is 14.3. The third kappa shape index (κ3) is 6.12. The molecule has 1 aliphatic heterocycles. The first kappa shape index (κ1) is 30.0. The van der Waals surface area contributed by atoms with E-state index in [2.05, 4.69) is 20.6 Å². The summed E-state index contributed by atoms with van der Waals surface area (Å²) in [5.41, 5.74) is 5.79. The van der Waals surface area contributed by atoms with Crippen LogP contribution in [0.5, 0.6) is 0 Å². The number of nitrogens with one attached hydrogen (secondary N) is 1. The summed E-state index contributed by atoms with van der Waals surface area (Å²) >= 11 is 6.40. The molecule has 14 heteroatoms. The van der Waals surface area contributed by atoms with Gasteiger partial charge in [-0.2, -0.15) is 5.10 Å². The summed E-state index contributed by atoms with van der Waals surface area (Å²) in [4.78, 5) is 30.0. The second-order valence-corrected chi connectivity index (χ2v) is 11.8. The number of amides is 1. The number of likely N-dealkylation sites (tertiary alicyclic amines) is 1. The molecule has 7 rings (SSSR count). The predicted molar refractivity (Wildman–Crippen MR) is 171 cm³/mol. The van der Waals surface area contributed by atoms with Crippen LogP contribution in [0.25, 0.3) is 27.9 Å². The molecular weight excluding hydrogens is 620 g/mol. The van der Waals surface area contributed by atoms with Gasteiger partial charge >= 0.3 is 5.97 Å². The summed E-state index contributed by atoms with van der Waals surface area (Å²) in [6, 6.07) is 15.8. The highest BCUT2D eigenvalue weighted by atomic mass is 35.5. The third-order valence-corrected chi connectivity index (χ3v) is 8.71. The first-order chi connectivity index (χ1) is 22.8. The van der Waals surface area contributed by atoms with E-state index in [1.807, 2.05) is 58.5 Å². The zero-order valence-corrected chi connectivity index (χ0v) is 26.1. The van der Waals surface area contributed by atoms with Crippen LogP contribution in [-0.2, 0) is 4.79 Å². The number of halogens is 1. The molecule has 2 N–H and O–H groups in total. The average Bonchev–Trinajstić information content (AvgIpc) is 3.89. The minimum atomic E-state index is -0.982. The number of carboxylic acids is 1. The van der Waals surface area contributed by atoms with Crippen molar-refractivity contribution >= 4 is 23.5 Å². The van der Waals surface area contributed by atoms with Crippen LogP contribution in [0, 0.1) is 0 Å². The summed E-state index contributed by atoms with van der Waals surface area (Å²) in [6.45, 7) is 2.94. The number of nitrogens with zero attached hydrogens (tertiary/aromatic N) is 9. The molecule has 1 amide bonds. The van der Waals surface area contributed by atoms with Gasteiger partial charge in [0.15, 0.2) is 11.9 Å². The first-order valence-electron chi connectivity index (χ1n) is 15.1. The van der Waals surface area contributed by atoms with Crippen LogP contribution in [0.3, 0.4) is 0 Å². The molecule has 4 aromatic heterocycles. The van der Waals surface area contributed by atoms with Crippen molar-refractivity contribution in [1.29, 1.82) is 0 Å². The van der Waals surface area contributed by atoms with Crippen molar-refractivity contribution in [2.45, 2.75) is 31.8 Å². The van der Waals surface area contributed by atoms with E-state index in [9.17, 15) is 14.7 Å². The number of carbonyl (C=O) groups excluding carboxylic acids is 1. The van der Waals surface area contributed by atoms with Crippen molar-refractivity contribution in [3.63, 3.8) is 0 Å². The molecule has 1 atom stereocenters. The van der Waals surface area contributed by atoms with Gasteiger partial charge in [0, 0.05) is 59.2 Å². The Hall–Kier alpha value is -5.69. The number of benzene rings is 2. The minimum absolute atomic E-state index is 0.0810. The Kier molecular flexibility index (Phi) is 8.04. The molecule has 6 aromatic rings. The summed E-state index contributed by atoms with van der Waals surface area (Å²) in [7, 11) is 0. The molecule has 0 aliphatic carbocycles. The molecule has 1 aliphatic rings. The zero-order valence-electron chi connectivity index (χ0n) is 25.3. The topological polar surface area (TPSA) is 152 Å². The highest BCUT2D eigenvalue weighted by Crippen LogP contribution is 2.31. The van der Waals surface area contributed by atoms with E-state index in [-0.39, 0.29) is 17.5 Å². The quantitative estimate of drug-likeness (QED) is 0.231. The number of piperidine rings is 1. The maximum Gasteiger partial charge on any atom is 0.335 e. The van der Waals surface area contributed by atoms with E-state index < -0.39 is 12.0 Å². The number of H-pyrrole nitrogens is 1. The molecule has 0 radical (unpaired) electrons. The van der Waals surface area contributed by atoms with Crippen molar-refractivity contribution < 1.29 is 19.4 Å². The maximum absolute atomic E-state index is 11.8. The molecular formula is C33H30ClN10O3+. The molecule has 13 nitrogen and oxygen atoms in total. The van der Waals surface area contributed by atoms with E-state index >= 15 is 0 Å². The number of hydrogen-bond acceptors (Lipinski definition) is 7. The Morgan fingerprint density at radius 1 is 0.979 bits per heavy atom. The highest BCUT2D eigenvalue weighted by Gasteiger charge is 2.27. The minimum Gasteiger partial charge on any atom is -0.478 e. The largest absolute Gasteiger partial charge is 0.478 e. The first-order valence-corrected chi connectivity index (χ1v) is 15.4. The number of rotatable bonds is 8. The van der Waals surface area contributed by atoms with Gasteiger partial charge in [-0.25, -0.2) is 9.48 Å². The fraction of sp³-hybridized carbons (Fsp3) is 0.212. The SMILES string of the molecule is CC(=O)N1CCC(n2cc(C(c3ccc(-c4cc(Cl)ccc4-[n+]4ccn[nH]4)cn3)n3cc(-c4ccc(C(=O)O)cc4)cn3)nn2)CC1. The van der Waals surface area contributed by atoms with Gasteiger partial charge in [-0.1, -0.05) is 40.2 Å². The second kappa shape index (κ2) is 12.6. The lowest BCUT2D eigenvalue weighted by Crippen LogP contribution is -2.37. The van der Waals surface area contributed by atoms with Crippen LogP contribution < -0.4 is 4.68 Å². The summed E-state index contributed by atoms with van der Waals surface area (Å²) < 4.78 is 5.47. The number of pyridine rings is 1. The van der Waals surface area contributed by atoms with E-state index in [0.717, 1.165) is 40.8 Å². The summed E-state index contributed by atoms with van der Waals surface area (Å²) in [5.74, 6) is -0.901. The van der Waals surface area contributed by atoms with Crippen LogP contribution in [-0.4, -0.2) is 75.0 Å². The van der Waals surface area contributed by atoms with Crippen molar-refractivity contribution in [3.05, 3.63) is 114 Å². The van der Waals surface area contributed by atoms with Crippen LogP contribution >= 0.6 is 11.6 Å². The smallest absolute Gasteiger partial charge is 0.335 e. The van der Waals surface area contributed by atoms with Crippen molar-refractivity contribution in [1.82, 2.24) is 45.0 Å². The molecule has 0 bridgehead atoms. The number of carboxylic acid groups (broad SMARTS) is 1. The van der Waals surface area contributed by atoms with Gasteiger partial charge in [0.05, 0.1) is 29.7 Å². The third-order valence-electron chi connectivity index (χ3n) is 8.47. The molecule has 1 saturated heterocycles. The lowest BCUT2D eigenvalue weighted by atomic mass is 10.0. The fourth-order valence-electron chi connectivity index (χ4n) is 5.93. The standard InChI is InChI=1S/C33H29ClN10O3/c1-21(45)41-13-10-27(11-14-41)43-20-30(38-40-43)32(44-19-25(18-37-44)22-2-4-23(5-3-22)33(46)47)29-8-6-24(17-35-29)28-16-26(34)7-9-31(28)42-15-12-36-39-42/h2-9,12,15-20,27,32H,10-11,13-14H2,1H3,(H,46,47)/p+1. The second-order valence-electron chi connectivity index (χ2n) is 11.4. The van der Waals surface area contributed by atoms with Gasteiger partial charge in [-0.05, 0) is 54.8 Å². The monoisotopic (exact) mass is 649 g/mol. The van der Waals surface area contributed by atoms with Crippen molar-refractivity contribution in [2.75, 3.05) is 13.1 Å². The van der Waals surface area contributed by atoms with E-state index in [0.29, 0.717) is 29.5 Å². The van der Waals surface area contributed by atoms with Gasteiger partial charge in [0.2, 0.25) is 12.1 Å². The Morgan fingerprint density at radius 3 is 2.45 bits per heavy atom. The van der Waals surface area contributed by atoms with Crippen LogP contribution in [0.1, 0.15) is 53.6 Å². The number of aromatic nitrogens is 9. The zero-order chi connectivity index (χ0) is 32.5. The predicted octanol–water partition coefficient (Wildman–Crippen LogP) is 4.38. The van der Waals surface area contributed by atoms with Crippen molar-refractivity contribution in [3.8, 4) is 27.9 Å². The lowest BCUT2D eigenvalue weighted by molar-refractivity contribution is -0.658. The lowest BCUT2D eigenvalue weighted by Gasteiger charge is -2.31. The van der Waals surface area contributed by atoms with E-state index in [1.54, 1.807) is 59.1 Å². The molecule has 2 aromatic carbocycles. The Labute approximate surface area is 274 Å². The number of carbonyl (C=O) groups is 2. The molecule has 0 spiro atoms. The average molecular weight is 650 g/mol. The highest BCUT2D eigenvalue weighted by molar-refractivity contribution is 6.31. The Morgan fingerprint density at radius 2 is 1.77 bits per heavy atom. The van der Waals surface area contributed by atoms with Crippen LogP contribution in [0.2, 0.25) is 5.02 Å². The number of aromatic amines is 1. The van der Waals surface area contributed by atoms with Gasteiger partial charge in [-0.15, -0.1) is 9.78 Å². The fourth-order valence-corrected chi connectivity index (χ4v) is 6.11. The number of hydrogen-bond donors (Lipinski definition) is 2. The molecule has 236 valence electrons. The van der Waals surface area contributed by atoms with E-state index in [4.69, 9.17) is 21.7 Å². The molecule has 5 heterocycles. The van der Waals surface area contributed by atoms with Crippen molar-refractivity contribution in [2.24, 2.45) is 0 Å². The van der Waals surface area contributed by atoms with Gasteiger partial charge in [0.1, 0.15) is 11.7 Å². The molecule has 0 saturated carbocycles. The van der Waals surface area contributed by atoms with Gasteiger partial charge < -0.3 is 10.0 Å². The van der Waals surface area contributed by atoms with Gasteiger partial charge in [-0.3, -0.25) is 14.5 Å². The van der Waals surface area contributed by atoms with Crippen LogP contribution in [0.15, 0.2) is 91.8 Å². The molecule has 1 fully saturated rings. The maximum atomic E-state index is 11.8. The summed E-state index contributed by atoms with van der Waals surface area (Å²) in [5, 5.41) is 30.7. The summed E-state index contributed by atoms with van der Waals surface area (Å²) in [6.07, 6.45) is 12.4. The Balaban J connectivity index is 1.24.